The molecule has 0 saturated carbocycles. The summed E-state index contributed by atoms with van der Waals surface area (Å²) in [6.45, 7) is 1.30. The number of carbonyl (C=O) groups is 1. The summed E-state index contributed by atoms with van der Waals surface area (Å²) in [5.74, 6) is 1.09. The molecule has 1 atom stereocenters. The minimum absolute atomic E-state index is 0.0315. The van der Waals surface area contributed by atoms with Gasteiger partial charge >= 0.3 is 0 Å². The van der Waals surface area contributed by atoms with Crippen molar-refractivity contribution < 1.29 is 4.79 Å². The van der Waals surface area contributed by atoms with Crippen molar-refractivity contribution in [3.05, 3.63) is 101 Å². The lowest BCUT2D eigenvalue weighted by molar-refractivity contribution is -0.117. The van der Waals surface area contributed by atoms with Crippen molar-refractivity contribution in [3.63, 3.8) is 0 Å². The second-order valence-electron chi connectivity index (χ2n) is 7.77. The van der Waals surface area contributed by atoms with E-state index < -0.39 is 0 Å². The third kappa shape index (κ3) is 3.99. The van der Waals surface area contributed by atoms with Crippen molar-refractivity contribution in [2.75, 3.05) is 11.4 Å². The van der Waals surface area contributed by atoms with Gasteiger partial charge in [-0.05, 0) is 35.9 Å². The number of hydrogen-bond acceptors (Lipinski definition) is 2. The number of hydrogen-bond donors (Lipinski definition) is 0. The molecule has 1 saturated heterocycles. The fourth-order valence-electron chi connectivity index (χ4n) is 4.23. The van der Waals surface area contributed by atoms with Crippen molar-refractivity contribution >= 4 is 40.3 Å². The van der Waals surface area contributed by atoms with E-state index in [4.69, 9.17) is 16.6 Å². The quantitative estimate of drug-likeness (QED) is 0.396. The first-order valence-electron chi connectivity index (χ1n) is 10.4. The van der Waals surface area contributed by atoms with E-state index in [9.17, 15) is 4.79 Å². The molecule has 1 amide bonds. The SMILES string of the molecule is O=C1C[C@@H](c2nc3ccccc3n2C/C=C\c2ccccc2)CN1c1cccc(Cl)c1. The van der Waals surface area contributed by atoms with E-state index in [1.807, 2.05) is 65.6 Å². The van der Waals surface area contributed by atoms with Gasteiger partial charge in [-0.25, -0.2) is 4.98 Å². The summed E-state index contributed by atoms with van der Waals surface area (Å²) in [5, 5.41) is 0.632. The Morgan fingerprint density at radius 3 is 2.65 bits per heavy atom. The van der Waals surface area contributed by atoms with Gasteiger partial charge in [0.1, 0.15) is 5.82 Å². The number of para-hydroxylation sites is 2. The molecule has 1 fully saturated rings. The molecule has 4 aromatic rings. The second kappa shape index (κ2) is 8.40. The van der Waals surface area contributed by atoms with Gasteiger partial charge in [0.25, 0.3) is 0 Å². The van der Waals surface area contributed by atoms with E-state index in [2.05, 4.69) is 34.9 Å². The van der Waals surface area contributed by atoms with Gasteiger partial charge in [-0.3, -0.25) is 4.79 Å². The van der Waals surface area contributed by atoms with Gasteiger partial charge in [0.15, 0.2) is 0 Å². The van der Waals surface area contributed by atoms with E-state index in [1.165, 1.54) is 0 Å². The van der Waals surface area contributed by atoms with Crippen molar-refractivity contribution in [2.45, 2.75) is 18.9 Å². The van der Waals surface area contributed by atoms with Gasteiger partial charge in [0.2, 0.25) is 5.91 Å². The normalized spacial score (nSPS) is 16.6. The highest BCUT2D eigenvalue weighted by molar-refractivity contribution is 6.30. The molecule has 3 aromatic carbocycles. The second-order valence-corrected chi connectivity index (χ2v) is 8.20. The van der Waals surface area contributed by atoms with Gasteiger partial charge in [-0.1, -0.05) is 72.3 Å². The number of fused-ring (bicyclic) bond motifs is 1. The highest BCUT2D eigenvalue weighted by atomic mass is 35.5. The van der Waals surface area contributed by atoms with Crippen molar-refractivity contribution in [2.24, 2.45) is 0 Å². The van der Waals surface area contributed by atoms with E-state index >= 15 is 0 Å². The average Bonchev–Trinajstić information content (AvgIpc) is 3.35. The molecule has 4 nitrogen and oxygen atoms in total. The molecule has 0 spiro atoms. The Morgan fingerprint density at radius 2 is 1.81 bits per heavy atom. The summed E-state index contributed by atoms with van der Waals surface area (Å²) in [5.41, 5.74) is 4.05. The minimum Gasteiger partial charge on any atom is -0.324 e. The highest BCUT2D eigenvalue weighted by Gasteiger charge is 2.34. The molecule has 154 valence electrons. The summed E-state index contributed by atoms with van der Waals surface area (Å²) < 4.78 is 2.23. The predicted octanol–water partition coefficient (Wildman–Crippen LogP) is 5.92. The summed E-state index contributed by atoms with van der Waals surface area (Å²) in [4.78, 5) is 19.6. The Hall–Kier alpha value is -3.37. The van der Waals surface area contributed by atoms with E-state index in [0.29, 0.717) is 24.5 Å². The van der Waals surface area contributed by atoms with Gasteiger partial charge in [0.05, 0.1) is 11.0 Å². The maximum Gasteiger partial charge on any atom is 0.227 e. The highest BCUT2D eigenvalue weighted by Crippen LogP contribution is 2.34. The molecule has 0 N–H and O–H groups in total. The molecule has 1 aliphatic rings. The van der Waals surface area contributed by atoms with E-state index in [1.54, 1.807) is 0 Å². The third-order valence-corrected chi connectivity index (χ3v) is 5.93. The zero-order chi connectivity index (χ0) is 21.2. The Morgan fingerprint density at radius 1 is 1.00 bits per heavy atom. The summed E-state index contributed by atoms with van der Waals surface area (Å²) in [6.07, 6.45) is 4.72. The van der Waals surface area contributed by atoms with Crippen LogP contribution in [0.4, 0.5) is 5.69 Å². The summed E-state index contributed by atoms with van der Waals surface area (Å²) in [7, 11) is 0. The lowest BCUT2D eigenvalue weighted by Gasteiger charge is -2.17. The van der Waals surface area contributed by atoms with Gasteiger partial charge in [-0.15, -0.1) is 0 Å². The van der Waals surface area contributed by atoms with Crippen LogP contribution in [-0.4, -0.2) is 22.0 Å². The van der Waals surface area contributed by atoms with Crippen LogP contribution in [0.25, 0.3) is 17.1 Å². The minimum atomic E-state index is 0.0315. The first kappa shape index (κ1) is 19.6. The zero-order valence-corrected chi connectivity index (χ0v) is 17.7. The van der Waals surface area contributed by atoms with E-state index in [-0.39, 0.29) is 11.8 Å². The first-order chi connectivity index (χ1) is 15.2. The summed E-state index contributed by atoms with van der Waals surface area (Å²) in [6, 6.07) is 25.9. The van der Waals surface area contributed by atoms with Crippen LogP contribution >= 0.6 is 11.6 Å². The number of anilines is 1. The monoisotopic (exact) mass is 427 g/mol. The van der Waals surface area contributed by atoms with Crippen LogP contribution in [0.15, 0.2) is 84.9 Å². The van der Waals surface area contributed by atoms with Crippen LogP contribution in [0.5, 0.6) is 0 Å². The van der Waals surface area contributed by atoms with Crippen LogP contribution in [0.1, 0.15) is 23.7 Å². The predicted molar refractivity (Wildman–Crippen MR) is 126 cm³/mol. The Bertz CT molecular complexity index is 1260. The molecule has 1 aromatic heterocycles. The van der Waals surface area contributed by atoms with Crippen LogP contribution in [0.2, 0.25) is 5.02 Å². The molecule has 31 heavy (non-hydrogen) atoms. The number of aromatic nitrogens is 2. The number of allylic oxidation sites excluding steroid dienone is 1. The van der Waals surface area contributed by atoms with Crippen LogP contribution in [0, 0.1) is 0 Å². The van der Waals surface area contributed by atoms with Crippen LogP contribution < -0.4 is 4.90 Å². The van der Waals surface area contributed by atoms with Crippen molar-refractivity contribution in [1.82, 2.24) is 9.55 Å². The molecule has 0 bridgehead atoms. The lowest BCUT2D eigenvalue weighted by Crippen LogP contribution is -2.24. The largest absolute Gasteiger partial charge is 0.324 e. The Labute approximate surface area is 186 Å². The first-order valence-corrected chi connectivity index (χ1v) is 10.8. The molecule has 1 aliphatic heterocycles. The third-order valence-electron chi connectivity index (χ3n) is 5.69. The Balaban J connectivity index is 1.46. The van der Waals surface area contributed by atoms with Crippen LogP contribution in [0.3, 0.4) is 0 Å². The number of carbonyl (C=O) groups excluding carboxylic acids is 1. The molecular weight excluding hydrogens is 406 g/mol. The number of halogens is 1. The van der Waals surface area contributed by atoms with Gasteiger partial charge in [-0.2, -0.15) is 0 Å². The Kier molecular flexibility index (Phi) is 5.31. The number of amides is 1. The van der Waals surface area contributed by atoms with Crippen molar-refractivity contribution in [1.29, 1.82) is 0 Å². The molecule has 0 unspecified atom stereocenters. The average molecular weight is 428 g/mol. The molecule has 5 heteroatoms. The maximum atomic E-state index is 12.8. The smallest absolute Gasteiger partial charge is 0.227 e. The molecule has 0 radical (unpaired) electrons. The summed E-state index contributed by atoms with van der Waals surface area (Å²) >= 11 is 6.15. The molecule has 0 aliphatic carbocycles. The zero-order valence-electron chi connectivity index (χ0n) is 17.0. The number of imidazole rings is 1. The van der Waals surface area contributed by atoms with Crippen LogP contribution in [-0.2, 0) is 11.3 Å². The molecule has 2 heterocycles. The molecule has 5 rings (SSSR count). The standard InChI is InChI=1S/C26H22ClN3O/c27-21-11-6-12-22(17-21)30-18-20(16-25(30)31)26-28-23-13-4-5-14-24(23)29(26)15-7-10-19-8-2-1-3-9-19/h1-14,17,20H,15-16,18H2/b10-7-/t20-/m1/s1. The van der Waals surface area contributed by atoms with Crippen molar-refractivity contribution in [3.8, 4) is 0 Å². The van der Waals surface area contributed by atoms with Gasteiger partial charge < -0.3 is 9.47 Å². The number of nitrogens with zero attached hydrogens (tertiary/aromatic N) is 3. The fourth-order valence-corrected chi connectivity index (χ4v) is 4.41. The number of rotatable bonds is 5. The lowest BCUT2D eigenvalue weighted by atomic mass is 10.1. The molecular formula is C26H22ClN3O. The van der Waals surface area contributed by atoms with E-state index in [0.717, 1.165) is 28.1 Å². The topological polar surface area (TPSA) is 38.1 Å². The maximum absolute atomic E-state index is 12.8. The number of benzene rings is 3. The fraction of sp³-hybridized carbons (Fsp3) is 0.154. The van der Waals surface area contributed by atoms with Gasteiger partial charge in [0, 0.05) is 36.1 Å².